The van der Waals surface area contributed by atoms with Gasteiger partial charge in [0.25, 0.3) is 0 Å². The number of anilines is 2. The summed E-state index contributed by atoms with van der Waals surface area (Å²) < 4.78 is 38.6. The fourth-order valence-corrected chi connectivity index (χ4v) is 3.19. The third-order valence-electron chi connectivity index (χ3n) is 4.32. The Balaban J connectivity index is 1.73. The standard InChI is InChI=1S/C16H15F3N4/c17-16(18,19)11-4-1-3-10(7-11)14-20-8-13-15(22-14)21-12-5-2-6-23(13)9-12/h1,3-4,7-8,12H,2,5-6,9H2,(H,20,21,22)/t12-/m0/s1. The maximum atomic E-state index is 12.9. The zero-order valence-electron chi connectivity index (χ0n) is 12.3. The summed E-state index contributed by atoms with van der Waals surface area (Å²) in [6.07, 6.45) is -0.469. The average Bonchev–Trinajstić information content (AvgIpc) is 2.54. The molecule has 1 saturated heterocycles. The van der Waals surface area contributed by atoms with Crippen LogP contribution in [0, 0.1) is 0 Å². The van der Waals surface area contributed by atoms with Crippen molar-refractivity contribution in [3.05, 3.63) is 36.0 Å². The Hall–Kier alpha value is -2.31. The van der Waals surface area contributed by atoms with Crippen LogP contribution in [0.25, 0.3) is 11.4 Å². The summed E-state index contributed by atoms with van der Waals surface area (Å²) >= 11 is 0. The molecule has 1 fully saturated rings. The molecular weight excluding hydrogens is 305 g/mol. The highest BCUT2D eigenvalue weighted by molar-refractivity contribution is 5.71. The van der Waals surface area contributed by atoms with Crippen LogP contribution in [0.1, 0.15) is 18.4 Å². The Labute approximate surface area is 131 Å². The molecule has 0 amide bonds. The Morgan fingerprint density at radius 1 is 1.26 bits per heavy atom. The summed E-state index contributed by atoms with van der Waals surface area (Å²) in [5.74, 6) is 1.02. The minimum atomic E-state index is -4.37. The normalized spacial score (nSPS) is 20.0. The highest BCUT2D eigenvalue weighted by Gasteiger charge is 2.31. The minimum absolute atomic E-state index is 0.309. The first-order valence-corrected chi connectivity index (χ1v) is 7.57. The van der Waals surface area contributed by atoms with Crippen molar-refractivity contribution in [1.29, 1.82) is 0 Å². The molecule has 7 heteroatoms. The molecule has 1 atom stereocenters. The molecule has 0 saturated carbocycles. The number of nitrogens with zero attached hydrogens (tertiary/aromatic N) is 3. The van der Waals surface area contributed by atoms with E-state index >= 15 is 0 Å². The fourth-order valence-electron chi connectivity index (χ4n) is 3.19. The van der Waals surface area contributed by atoms with Crippen LogP contribution in [0.2, 0.25) is 0 Å². The number of hydrogen-bond donors (Lipinski definition) is 1. The highest BCUT2D eigenvalue weighted by Crippen LogP contribution is 2.35. The molecule has 2 aliphatic heterocycles. The second kappa shape index (κ2) is 5.11. The number of hydrogen-bond acceptors (Lipinski definition) is 4. The van der Waals surface area contributed by atoms with Gasteiger partial charge in [-0.2, -0.15) is 13.2 Å². The van der Waals surface area contributed by atoms with Gasteiger partial charge in [-0.25, -0.2) is 9.97 Å². The van der Waals surface area contributed by atoms with E-state index in [0.717, 1.165) is 43.8 Å². The van der Waals surface area contributed by atoms with Crippen LogP contribution in [-0.2, 0) is 6.18 Å². The molecule has 0 radical (unpaired) electrons. The van der Waals surface area contributed by atoms with Crippen molar-refractivity contribution >= 4 is 11.5 Å². The van der Waals surface area contributed by atoms with E-state index in [1.807, 2.05) is 0 Å². The van der Waals surface area contributed by atoms with Crippen LogP contribution in [0.5, 0.6) is 0 Å². The van der Waals surface area contributed by atoms with Crippen LogP contribution in [0.4, 0.5) is 24.7 Å². The molecule has 3 heterocycles. The van der Waals surface area contributed by atoms with E-state index in [-0.39, 0.29) is 0 Å². The zero-order chi connectivity index (χ0) is 16.0. The van der Waals surface area contributed by atoms with Crippen LogP contribution < -0.4 is 10.2 Å². The molecule has 4 nitrogen and oxygen atoms in total. The van der Waals surface area contributed by atoms with Crippen LogP contribution in [0.3, 0.4) is 0 Å². The monoisotopic (exact) mass is 320 g/mol. The highest BCUT2D eigenvalue weighted by atomic mass is 19.4. The predicted octanol–water partition coefficient (Wildman–Crippen LogP) is 3.56. The van der Waals surface area contributed by atoms with Crippen molar-refractivity contribution in [3.8, 4) is 11.4 Å². The maximum Gasteiger partial charge on any atom is 0.416 e. The van der Waals surface area contributed by atoms with Crippen molar-refractivity contribution in [2.45, 2.75) is 25.1 Å². The molecule has 1 aromatic carbocycles. The number of fused-ring (bicyclic) bond motifs is 4. The van der Waals surface area contributed by atoms with Gasteiger partial charge in [0.2, 0.25) is 0 Å². The van der Waals surface area contributed by atoms with Crippen molar-refractivity contribution in [1.82, 2.24) is 9.97 Å². The molecule has 2 aromatic rings. The number of alkyl halides is 3. The fraction of sp³-hybridized carbons (Fsp3) is 0.375. The van der Waals surface area contributed by atoms with Gasteiger partial charge in [0.15, 0.2) is 11.6 Å². The summed E-state index contributed by atoms with van der Waals surface area (Å²) in [7, 11) is 0. The topological polar surface area (TPSA) is 41.1 Å². The van der Waals surface area contributed by atoms with Gasteiger partial charge >= 0.3 is 6.18 Å². The lowest BCUT2D eigenvalue weighted by molar-refractivity contribution is -0.137. The number of piperidine rings is 1. The lowest BCUT2D eigenvalue weighted by Gasteiger charge is -2.40. The SMILES string of the molecule is FC(F)(F)c1cccc(-c2ncc3c(n2)N[C@H]2CCCN3C2)c1. The Morgan fingerprint density at radius 2 is 2.13 bits per heavy atom. The molecular formula is C16H15F3N4. The van der Waals surface area contributed by atoms with Gasteiger partial charge in [-0.15, -0.1) is 0 Å². The predicted molar refractivity (Wildman–Crippen MR) is 81.3 cm³/mol. The third-order valence-corrected chi connectivity index (χ3v) is 4.32. The van der Waals surface area contributed by atoms with E-state index in [1.54, 1.807) is 12.3 Å². The molecule has 0 spiro atoms. The van der Waals surface area contributed by atoms with Gasteiger partial charge in [0, 0.05) is 24.7 Å². The van der Waals surface area contributed by atoms with Gasteiger partial charge in [0.1, 0.15) is 0 Å². The first-order chi connectivity index (χ1) is 11.0. The number of rotatable bonds is 1. The molecule has 1 N–H and O–H groups in total. The second-order valence-corrected chi connectivity index (χ2v) is 5.94. The summed E-state index contributed by atoms with van der Waals surface area (Å²) in [5.41, 5.74) is 0.608. The first kappa shape index (κ1) is 14.3. The molecule has 120 valence electrons. The summed E-state index contributed by atoms with van der Waals surface area (Å²) in [4.78, 5) is 11.0. The lowest BCUT2D eigenvalue weighted by Crippen LogP contribution is -2.46. The summed E-state index contributed by atoms with van der Waals surface area (Å²) in [5, 5.41) is 3.37. The average molecular weight is 320 g/mol. The molecule has 23 heavy (non-hydrogen) atoms. The number of nitrogens with one attached hydrogen (secondary N) is 1. The molecule has 0 aliphatic carbocycles. The van der Waals surface area contributed by atoms with E-state index in [9.17, 15) is 13.2 Å². The molecule has 2 aliphatic rings. The Kier molecular flexibility index (Phi) is 3.18. The van der Waals surface area contributed by atoms with Gasteiger partial charge < -0.3 is 10.2 Å². The van der Waals surface area contributed by atoms with Gasteiger partial charge in [-0.3, -0.25) is 0 Å². The molecule has 0 unspecified atom stereocenters. The molecule has 2 bridgehead atoms. The largest absolute Gasteiger partial charge is 0.416 e. The van der Waals surface area contributed by atoms with Gasteiger partial charge in [-0.1, -0.05) is 12.1 Å². The van der Waals surface area contributed by atoms with Crippen molar-refractivity contribution in [2.24, 2.45) is 0 Å². The van der Waals surface area contributed by atoms with Crippen molar-refractivity contribution < 1.29 is 13.2 Å². The van der Waals surface area contributed by atoms with E-state index in [0.29, 0.717) is 23.2 Å². The molecule has 1 aromatic heterocycles. The number of aromatic nitrogens is 2. The summed E-state index contributed by atoms with van der Waals surface area (Å²) in [6, 6.07) is 5.47. The number of halogens is 3. The quantitative estimate of drug-likeness (QED) is 0.872. The van der Waals surface area contributed by atoms with Crippen LogP contribution in [-0.4, -0.2) is 29.1 Å². The second-order valence-electron chi connectivity index (χ2n) is 5.94. The minimum Gasteiger partial charge on any atom is -0.365 e. The maximum absolute atomic E-state index is 12.9. The van der Waals surface area contributed by atoms with Crippen LogP contribution >= 0.6 is 0 Å². The third kappa shape index (κ3) is 2.60. The van der Waals surface area contributed by atoms with Crippen molar-refractivity contribution in [3.63, 3.8) is 0 Å². The zero-order valence-corrected chi connectivity index (χ0v) is 12.3. The van der Waals surface area contributed by atoms with Gasteiger partial charge in [-0.05, 0) is 25.0 Å². The Morgan fingerprint density at radius 3 is 2.96 bits per heavy atom. The first-order valence-electron chi connectivity index (χ1n) is 7.57. The lowest BCUT2D eigenvalue weighted by atomic mass is 10.0. The van der Waals surface area contributed by atoms with Gasteiger partial charge in [0.05, 0.1) is 17.4 Å². The van der Waals surface area contributed by atoms with E-state index in [4.69, 9.17) is 0 Å². The van der Waals surface area contributed by atoms with Crippen molar-refractivity contribution in [2.75, 3.05) is 23.3 Å². The van der Waals surface area contributed by atoms with E-state index in [2.05, 4.69) is 20.2 Å². The molecule has 4 rings (SSSR count). The van der Waals surface area contributed by atoms with E-state index in [1.165, 1.54) is 6.07 Å². The van der Waals surface area contributed by atoms with Crippen LogP contribution in [0.15, 0.2) is 30.5 Å². The van der Waals surface area contributed by atoms with E-state index < -0.39 is 11.7 Å². The summed E-state index contributed by atoms with van der Waals surface area (Å²) in [6.45, 7) is 1.90. The smallest absolute Gasteiger partial charge is 0.365 e. The number of benzene rings is 1. The Bertz CT molecular complexity index is 744.